The summed E-state index contributed by atoms with van der Waals surface area (Å²) in [6.07, 6.45) is 5.03. The molecule has 0 bridgehead atoms. The van der Waals surface area contributed by atoms with Crippen LogP contribution in [0.2, 0.25) is 0 Å². The first-order chi connectivity index (χ1) is 6.36. The molecular weight excluding hydrogens is 184 g/mol. The topological polar surface area (TPSA) is 9.23 Å². The van der Waals surface area contributed by atoms with Crippen molar-refractivity contribution >= 4 is 17.7 Å². The highest BCUT2D eigenvalue weighted by molar-refractivity contribution is 6.17. The summed E-state index contributed by atoms with van der Waals surface area (Å²) in [6.45, 7) is 0. The van der Waals surface area contributed by atoms with Gasteiger partial charge in [-0.05, 0) is 24.1 Å². The van der Waals surface area contributed by atoms with Gasteiger partial charge in [0, 0.05) is 5.88 Å². The van der Waals surface area contributed by atoms with Crippen molar-refractivity contribution in [3.63, 3.8) is 0 Å². The smallest absolute Gasteiger partial charge is 0.118 e. The first kappa shape index (κ1) is 10.1. The second kappa shape index (κ2) is 5.65. The quantitative estimate of drug-likeness (QED) is 0.672. The van der Waals surface area contributed by atoms with Gasteiger partial charge < -0.3 is 4.74 Å². The molecule has 0 aliphatic carbocycles. The van der Waals surface area contributed by atoms with E-state index in [2.05, 4.69) is 12.2 Å². The maximum atomic E-state index is 5.54. The summed E-state index contributed by atoms with van der Waals surface area (Å²) in [4.78, 5) is 0. The molecule has 0 aliphatic rings. The SMILES string of the molecule is COc1ccc(C=CCCCl)cc1. The fourth-order valence-corrected chi connectivity index (χ4v) is 1.12. The molecule has 0 spiro atoms. The van der Waals surface area contributed by atoms with Gasteiger partial charge in [-0.3, -0.25) is 0 Å². The van der Waals surface area contributed by atoms with Crippen LogP contribution < -0.4 is 4.74 Å². The molecule has 13 heavy (non-hydrogen) atoms. The number of halogens is 1. The summed E-state index contributed by atoms with van der Waals surface area (Å²) >= 11 is 5.54. The lowest BCUT2D eigenvalue weighted by Gasteiger charge is -1.98. The molecule has 0 aromatic heterocycles. The first-order valence-electron chi connectivity index (χ1n) is 4.23. The predicted octanol–water partition coefficient (Wildman–Crippen LogP) is 3.34. The van der Waals surface area contributed by atoms with Crippen LogP contribution in [0.4, 0.5) is 0 Å². The van der Waals surface area contributed by atoms with Gasteiger partial charge in [0.1, 0.15) is 5.75 Å². The first-order valence-corrected chi connectivity index (χ1v) is 4.77. The van der Waals surface area contributed by atoms with Crippen molar-refractivity contribution in [1.82, 2.24) is 0 Å². The van der Waals surface area contributed by atoms with E-state index >= 15 is 0 Å². The summed E-state index contributed by atoms with van der Waals surface area (Å²) in [6, 6.07) is 7.92. The number of ether oxygens (including phenoxy) is 1. The monoisotopic (exact) mass is 196 g/mol. The van der Waals surface area contributed by atoms with Crippen LogP contribution in [0.25, 0.3) is 6.08 Å². The van der Waals surface area contributed by atoms with E-state index in [0.717, 1.165) is 12.2 Å². The summed E-state index contributed by atoms with van der Waals surface area (Å²) in [5.74, 6) is 1.56. The average Bonchev–Trinajstić information content (AvgIpc) is 2.19. The number of rotatable bonds is 4. The van der Waals surface area contributed by atoms with Gasteiger partial charge in [0.05, 0.1) is 7.11 Å². The van der Waals surface area contributed by atoms with E-state index in [1.165, 1.54) is 5.56 Å². The summed E-state index contributed by atoms with van der Waals surface area (Å²) in [7, 11) is 1.67. The average molecular weight is 197 g/mol. The second-order valence-corrected chi connectivity index (χ2v) is 3.03. The lowest BCUT2D eigenvalue weighted by atomic mass is 10.2. The van der Waals surface area contributed by atoms with E-state index in [1.54, 1.807) is 7.11 Å². The highest BCUT2D eigenvalue weighted by Gasteiger charge is 1.88. The van der Waals surface area contributed by atoms with Crippen LogP contribution in [0.1, 0.15) is 12.0 Å². The van der Waals surface area contributed by atoms with Gasteiger partial charge in [-0.25, -0.2) is 0 Å². The second-order valence-electron chi connectivity index (χ2n) is 2.65. The fourth-order valence-electron chi connectivity index (χ4n) is 0.997. The van der Waals surface area contributed by atoms with Gasteiger partial charge in [0.2, 0.25) is 0 Å². The van der Waals surface area contributed by atoms with E-state index < -0.39 is 0 Å². The van der Waals surface area contributed by atoms with E-state index in [-0.39, 0.29) is 0 Å². The molecule has 2 heteroatoms. The molecule has 0 radical (unpaired) electrons. The van der Waals surface area contributed by atoms with Crippen molar-refractivity contribution in [3.05, 3.63) is 35.9 Å². The molecule has 0 heterocycles. The standard InChI is InChI=1S/C11H13ClO/c1-13-11-7-5-10(6-8-11)4-2-3-9-12/h2,4-8H,3,9H2,1H3. The fraction of sp³-hybridized carbons (Fsp3) is 0.273. The molecule has 0 fully saturated rings. The minimum atomic E-state index is 0.673. The van der Waals surface area contributed by atoms with Crippen molar-refractivity contribution in [1.29, 1.82) is 0 Å². The Balaban J connectivity index is 2.58. The van der Waals surface area contributed by atoms with E-state index in [1.807, 2.05) is 24.3 Å². The number of alkyl halides is 1. The molecule has 1 nitrogen and oxygen atoms in total. The molecule has 0 unspecified atom stereocenters. The van der Waals surface area contributed by atoms with Crippen LogP contribution >= 0.6 is 11.6 Å². The molecule has 70 valence electrons. The van der Waals surface area contributed by atoms with Gasteiger partial charge in [-0.2, -0.15) is 0 Å². The van der Waals surface area contributed by atoms with E-state index in [4.69, 9.17) is 16.3 Å². The van der Waals surface area contributed by atoms with Gasteiger partial charge in [-0.15, -0.1) is 11.6 Å². The molecule has 0 saturated carbocycles. The Morgan fingerprint density at radius 1 is 1.31 bits per heavy atom. The maximum Gasteiger partial charge on any atom is 0.118 e. The van der Waals surface area contributed by atoms with Crippen LogP contribution in [0.5, 0.6) is 5.75 Å². The Morgan fingerprint density at radius 2 is 2.00 bits per heavy atom. The Bertz CT molecular complexity index is 264. The molecule has 0 saturated heterocycles. The normalized spacial score (nSPS) is 10.6. The lowest BCUT2D eigenvalue weighted by molar-refractivity contribution is 0.415. The zero-order chi connectivity index (χ0) is 9.52. The third-order valence-electron chi connectivity index (χ3n) is 1.70. The summed E-state index contributed by atoms with van der Waals surface area (Å²) < 4.78 is 5.05. The lowest BCUT2D eigenvalue weighted by Crippen LogP contribution is -1.81. The van der Waals surface area contributed by atoms with Crippen LogP contribution in [0.3, 0.4) is 0 Å². The third kappa shape index (κ3) is 3.51. The molecule has 0 atom stereocenters. The number of allylic oxidation sites excluding steroid dienone is 1. The minimum absolute atomic E-state index is 0.673. The van der Waals surface area contributed by atoms with Crippen molar-refractivity contribution < 1.29 is 4.74 Å². The highest BCUT2D eigenvalue weighted by atomic mass is 35.5. The van der Waals surface area contributed by atoms with Crippen molar-refractivity contribution in [2.24, 2.45) is 0 Å². The Morgan fingerprint density at radius 3 is 2.54 bits per heavy atom. The number of hydrogen-bond donors (Lipinski definition) is 0. The van der Waals surface area contributed by atoms with Gasteiger partial charge >= 0.3 is 0 Å². The van der Waals surface area contributed by atoms with Crippen LogP contribution in [0.15, 0.2) is 30.3 Å². The number of hydrogen-bond acceptors (Lipinski definition) is 1. The third-order valence-corrected chi connectivity index (χ3v) is 1.92. The Labute approximate surface area is 84.0 Å². The highest BCUT2D eigenvalue weighted by Crippen LogP contribution is 2.12. The molecule has 0 amide bonds. The molecule has 0 N–H and O–H groups in total. The van der Waals surface area contributed by atoms with E-state index in [9.17, 15) is 0 Å². The van der Waals surface area contributed by atoms with Gasteiger partial charge in [0.25, 0.3) is 0 Å². The Kier molecular flexibility index (Phi) is 4.41. The molecule has 1 rings (SSSR count). The molecule has 1 aromatic carbocycles. The van der Waals surface area contributed by atoms with Crippen molar-refractivity contribution in [2.75, 3.05) is 13.0 Å². The van der Waals surface area contributed by atoms with Gasteiger partial charge in [-0.1, -0.05) is 24.3 Å². The zero-order valence-corrected chi connectivity index (χ0v) is 8.42. The molecular formula is C11H13ClO. The number of benzene rings is 1. The molecule has 0 aliphatic heterocycles. The van der Waals surface area contributed by atoms with Crippen molar-refractivity contribution in [2.45, 2.75) is 6.42 Å². The minimum Gasteiger partial charge on any atom is -0.497 e. The van der Waals surface area contributed by atoms with Crippen molar-refractivity contribution in [3.8, 4) is 5.75 Å². The largest absolute Gasteiger partial charge is 0.497 e. The number of methoxy groups -OCH3 is 1. The van der Waals surface area contributed by atoms with Crippen LogP contribution in [-0.2, 0) is 0 Å². The van der Waals surface area contributed by atoms with Crippen LogP contribution in [-0.4, -0.2) is 13.0 Å². The van der Waals surface area contributed by atoms with Gasteiger partial charge in [0.15, 0.2) is 0 Å². The summed E-state index contributed by atoms with van der Waals surface area (Å²) in [5, 5.41) is 0. The Hall–Kier alpha value is -0.950. The zero-order valence-electron chi connectivity index (χ0n) is 7.66. The molecule has 1 aromatic rings. The predicted molar refractivity (Wildman–Crippen MR) is 57.4 cm³/mol. The maximum absolute atomic E-state index is 5.54. The van der Waals surface area contributed by atoms with Crippen LogP contribution in [0, 0.1) is 0 Å². The van der Waals surface area contributed by atoms with E-state index in [0.29, 0.717) is 5.88 Å². The summed E-state index contributed by atoms with van der Waals surface area (Å²) in [5.41, 5.74) is 1.17.